The van der Waals surface area contributed by atoms with Crippen LogP contribution in [0.3, 0.4) is 0 Å². The average molecular weight is 318 g/mol. The summed E-state index contributed by atoms with van der Waals surface area (Å²) in [6.45, 7) is 5.43. The second-order valence-corrected chi connectivity index (χ2v) is 6.05. The number of amides is 2. The Balaban J connectivity index is 1.71. The van der Waals surface area contributed by atoms with Gasteiger partial charge in [-0.1, -0.05) is 6.92 Å². The molecule has 124 valence electrons. The molecule has 2 heterocycles. The third-order valence-corrected chi connectivity index (χ3v) is 4.33. The monoisotopic (exact) mass is 318 g/mol. The standard InChI is InChI=1S/C17H22N2O4/c1-3-11(2)18-17(21)12-8-16(20)19(10-12)13-4-5-14-15(9-13)23-7-6-22-14/h4-5,9,11-12H,3,6-8,10H2,1-2H3,(H,18,21)/t11-,12-/m1/s1. The van der Waals surface area contributed by atoms with Gasteiger partial charge in [0.15, 0.2) is 11.5 Å². The van der Waals surface area contributed by atoms with E-state index in [-0.39, 0.29) is 30.2 Å². The van der Waals surface area contributed by atoms with Crippen LogP contribution in [0.5, 0.6) is 11.5 Å². The smallest absolute Gasteiger partial charge is 0.227 e. The van der Waals surface area contributed by atoms with Crippen molar-refractivity contribution < 1.29 is 19.1 Å². The van der Waals surface area contributed by atoms with Gasteiger partial charge in [-0.2, -0.15) is 0 Å². The third kappa shape index (κ3) is 3.25. The van der Waals surface area contributed by atoms with Crippen molar-refractivity contribution in [3.8, 4) is 11.5 Å². The summed E-state index contributed by atoms with van der Waals surface area (Å²) in [4.78, 5) is 26.2. The zero-order valence-corrected chi connectivity index (χ0v) is 13.5. The van der Waals surface area contributed by atoms with E-state index in [1.54, 1.807) is 11.0 Å². The Kier molecular flexibility index (Phi) is 4.41. The van der Waals surface area contributed by atoms with Crippen LogP contribution in [0.15, 0.2) is 18.2 Å². The quantitative estimate of drug-likeness (QED) is 0.918. The minimum absolute atomic E-state index is 0.0361. The van der Waals surface area contributed by atoms with Gasteiger partial charge in [-0.3, -0.25) is 9.59 Å². The maximum absolute atomic E-state index is 12.3. The topological polar surface area (TPSA) is 67.9 Å². The lowest BCUT2D eigenvalue weighted by Crippen LogP contribution is -2.38. The van der Waals surface area contributed by atoms with Gasteiger partial charge in [0, 0.05) is 30.8 Å². The number of nitrogens with zero attached hydrogens (tertiary/aromatic N) is 1. The number of carbonyl (C=O) groups is 2. The molecule has 2 atom stereocenters. The number of carbonyl (C=O) groups excluding carboxylic acids is 2. The van der Waals surface area contributed by atoms with Gasteiger partial charge in [0.2, 0.25) is 11.8 Å². The van der Waals surface area contributed by atoms with Crippen molar-refractivity contribution in [2.75, 3.05) is 24.7 Å². The molecule has 0 radical (unpaired) electrons. The molecule has 0 spiro atoms. The first-order valence-electron chi connectivity index (χ1n) is 8.09. The summed E-state index contributed by atoms with van der Waals surface area (Å²) in [5.74, 6) is 0.954. The molecule has 23 heavy (non-hydrogen) atoms. The van der Waals surface area contributed by atoms with E-state index in [1.807, 2.05) is 26.0 Å². The molecule has 0 aromatic heterocycles. The molecule has 1 N–H and O–H groups in total. The fraction of sp³-hybridized carbons (Fsp3) is 0.529. The Morgan fingerprint density at radius 2 is 2.09 bits per heavy atom. The zero-order valence-electron chi connectivity index (χ0n) is 13.5. The number of anilines is 1. The van der Waals surface area contributed by atoms with Crippen LogP contribution in [0.2, 0.25) is 0 Å². The summed E-state index contributed by atoms with van der Waals surface area (Å²) in [6, 6.07) is 5.58. The van der Waals surface area contributed by atoms with Crippen LogP contribution in [-0.4, -0.2) is 37.6 Å². The van der Waals surface area contributed by atoms with Gasteiger partial charge < -0.3 is 19.7 Å². The van der Waals surface area contributed by atoms with Gasteiger partial charge in [0.1, 0.15) is 13.2 Å². The van der Waals surface area contributed by atoms with E-state index in [9.17, 15) is 9.59 Å². The second kappa shape index (κ2) is 6.48. The van der Waals surface area contributed by atoms with E-state index in [0.29, 0.717) is 31.3 Å². The first-order chi connectivity index (χ1) is 11.1. The van der Waals surface area contributed by atoms with E-state index >= 15 is 0 Å². The van der Waals surface area contributed by atoms with Crippen molar-refractivity contribution in [2.45, 2.75) is 32.7 Å². The van der Waals surface area contributed by atoms with Crippen LogP contribution in [-0.2, 0) is 9.59 Å². The number of nitrogens with one attached hydrogen (secondary N) is 1. The Labute approximate surface area is 135 Å². The molecule has 1 aromatic carbocycles. The summed E-state index contributed by atoms with van der Waals surface area (Å²) < 4.78 is 11.0. The number of hydrogen-bond acceptors (Lipinski definition) is 4. The summed E-state index contributed by atoms with van der Waals surface area (Å²) in [5, 5.41) is 2.95. The van der Waals surface area contributed by atoms with Crippen LogP contribution >= 0.6 is 0 Å². The normalized spacial score (nSPS) is 21.2. The Bertz CT molecular complexity index is 617. The number of ether oxygens (including phenoxy) is 2. The van der Waals surface area contributed by atoms with Crippen molar-refractivity contribution in [3.05, 3.63) is 18.2 Å². The molecule has 2 aliphatic heterocycles. The first-order valence-corrected chi connectivity index (χ1v) is 8.09. The largest absolute Gasteiger partial charge is 0.486 e. The lowest BCUT2D eigenvalue weighted by atomic mass is 10.1. The molecule has 1 saturated heterocycles. The SMILES string of the molecule is CC[C@@H](C)NC(=O)[C@@H]1CC(=O)N(c2ccc3c(c2)OCCO3)C1. The molecule has 0 unspecified atom stereocenters. The van der Waals surface area contributed by atoms with Gasteiger partial charge >= 0.3 is 0 Å². The number of benzene rings is 1. The molecule has 0 bridgehead atoms. The first kappa shape index (κ1) is 15.6. The van der Waals surface area contributed by atoms with E-state index in [4.69, 9.17) is 9.47 Å². The van der Waals surface area contributed by atoms with E-state index in [1.165, 1.54) is 0 Å². The van der Waals surface area contributed by atoms with E-state index in [2.05, 4.69) is 5.32 Å². The molecule has 3 rings (SSSR count). The summed E-state index contributed by atoms with van der Waals surface area (Å²) in [5.41, 5.74) is 0.748. The molecular formula is C17H22N2O4. The van der Waals surface area contributed by atoms with Crippen molar-refractivity contribution in [1.29, 1.82) is 0 Å². The fourth-order valence-electron chi connectivity index (χ4n) is 2.80. The maximum atomic E-state index is 12.3. The van der Waals surface area contributed by atoms with Crippen LogP contribution in [0.1, 0.15) is 26.7 Å². The molecule has 0 aliphatic carbocycles. The Morgan fingerprint density at radius 1 is 1.35 bits per heavy atom. The molecule has 1 fully saturated rings. The van der Waals surface area contributed by atoms with Gasteiger partial charge in [-0.05, 0) is 25.5 Å². The fourth-order valence-corrected chi connectivity index (χ4v) is 2.80. The van der Waals surface area contributed by atoms with Gasteiger partial charge in [0.25, 0.3) is 0 Å². The summed E-state index contributed by atoms with van der Waals surface area (Å²) in [6.07, 6.45) is 1.12. The van der Waals surface area contributed by atoms with Gasteiger partial charge in [-0.15, -0.1) is 0 Å². The predicted octanol–water partition coefficient (Wildman–Crippen LogP) is 1.73. The molecule has 2 aliphatic rings. The predicted molar refractivity (Wildman–Crippen MR) is 85.8 cm³/mol. The minimum Gasteiger partial charge on any atom is -0.486 e. The second-order valence-electron chi connectivity index (χ2n) is 6.05. The highest BCUT2D eigenvalue weighted by molar-refractivity contribution is 6.00. The van der Waals surface area contributed by atoms with Crippen molar-refractivity contribution in [1.82, 2.24) is 5.32 Å². The maximum Gasteiger partial charge on any atom is 0.227 e. The molecule has 6 nitrogen and oxygen atoms in total. The average Bonchev–Trinajstić information content (AvgIpc) is 2.96. The Hall–Kier alpha value is -2.24. The summed E-state index contributed by atoms with van der Waals surface area (Å²) >= 11 is 0. The summed E-state index contributed by atoms with van der Waals surface area (Å²) in [7, 11) is 0. The molecular weight excluding hydrogens is 296 g/mol. The number of rotatable bonds is 4. The number of fused-ring (bicyclic) bond motifs is 1. The molecule has 6 heteroatoms. The van der Waals surface area contributed by atoms with E-state index < -0.39 is 0 Å². The van der Waals surface area contributed by atoms with Gasteiger partial charge in [0.05, 0.1) is 5.92 Å². The van der Waals surface area contributed by atoms with Crippen LogP contribution < -0.4 is 19.7 Å². The minimum atomic E-state index is -0.301. The van der Waals surface area contributed by atoms with Gasteiger partial charge in [-0.25, -0.2) is 0 Å². The zero-order chi connectivity index (χ0) is 16.4. The molecule has 2 amide bonds. The Morgan fingerprint density at radius 3 is 2.83 bits per heavy atom. The van der Waals surface area contributed by atoms with Crippen molar-refractivity contribution in [3.63, 3.8) is 0 Å². The molecule has 1 aromatic rings. The third-order valence-electron chi connectivity index (χ3n) is 4.33. The van der Waals surface area contributed by atoms with Crippen molar-refractivity contribution >= 4 is 17.5 Å². The highest BCUT2D eigenvalue weighted by Crippen LogP contribution is 2.35. The van der Waals surface area contributed by atoms with Crippen LogP contribution in [0.25, 0.3) is 0 Å². The lowest BCUT2D eigenvalue weighted by molar-refractivity contribution is -0.126. The lowest BCUT2D eigenvalue weighted by Gasteiger charge is -2.22. The molecule has 0 saturated carbocycles. The van der Waals surface area contributed by atoms with Crippen molar-refractivity contribution in [2.24, 2.45) is 5.92 Å². The van der Waals surface area contributed by atoms with E-state index in [0.717, 1.165) is 12.1 Å². The number of hydrogen-bond donors (Lipinski definition) is 1. The van der Waals surface area contributed by atoms with Crippen LogP contribution in [0, 0.1) is 5.92 Å². The highest BCUT2D eigenvalue weighted by Gasteiger charge is 2.35. The highest BCUT2D eigenvalue weighted by atomic mass is 16.6. The van der Waals surface area contributed by atoms with Crippen LogP contribution in [0.4, 0.5) is 5.69 Å².